The van der Waals surface area contributed by atoms with Crippen LogP contribution in [0.15, 0.2) is 42.5 Å². The Balaban J connectivity index is 0.00000481. The molecule has 207 valence electrons. The van der Waals surface area contributed by atoms with Gasteiger partial charge < -0.3 is 35.4 Å². The van der Waals surface area contributed by atoms with Crippen LogP contribution in [0.2, 0.25) is 0 Å². The summed E-state index contributed by atoms with van der Waals surface area (Å²) in [5.41, 5.74) is 8.50. The summed E-state index contributed by atoms with van der Waals surface area (Å²) in [6.07, 6.45) is 0.725. The zero-order chi connectivity index (χ0) is 26.1. The second-order valence-electron chi connectivity index (χ2n) is 8.94. The number of hydrogen-bond donors (Lipinski definition) is 1. The van der Waals surface area contributed by atoms with E-state index in [-0.39, 0.29) is 95.7 Å². The van der Waals surface area contributed by atoms with Crippen LogP contribution in [0.3, 0.4) is 0 Å². The van der Waals surface area contributed by atoms with Crippen LogP contribution in [0.25, 0.3) is 0 Å². The fraction of sp³-hybridized carbons (Fsp3) is 0.440. The molecule has 2 bridgehead atoms. The second kappa shape index (κ2) is 15.2. The van der Waals surface area contributed by atoms with Gasteiger partial charge in [-0.15, -0.1) is 0 Å². The Morgan fingerprint density at radius 2 is 1.35 bits per heavy atom. The van der Waals surface area contributed by atoms with Crippen LogP contribution in [0, 0.1) is 36.9 Å². The number of pyridine rings is 1. The van der Waals surface area contributed by atoms with E-state index in [1.165, 1.54) is 0 Å². The molecule has 0 saturated carbocycles. The molecule has 1 aliphatic rings. The SMILES string of the molecule is Nc1ccc(CCC(C(=O)[O-])N2CCN(CC(=O)[O-])Cc3cccc(n3)CN(CC(=O)[O-])CC2)cc1.[Tm]. The van der Waals surface area contributed by atoms with E-state index in [2.05, 4.69) is 4.98 Å². The molecule has 0 spiro atoms. The number of aryl methyl sites for hydroxylation is 1. The summed E-state index contributed by atoms with van der Waals surface area (Å²) in [6.45, 7) is 0.711. The molecule has 1 radical (unpaired) electrons. The maximum atomic E-state index is 12.2. The average molecular weight is 665 g/mol. The van der Waals surface area contributed by atoms with Crippen molar-refractivity contribution in [3.05, 3.63) is 59.4 Å². The maximum Gasteiger partial charge on any atom is 0.0586 e. The molecule has 1 aromatic heterocycles. The van der Waals surface area contributed by atoms with Gasteiger partial charge in [0.2, 0.25) is 0 Å². The molecule has 2 heterocycles. The number of carbonyl (C=O) groups excluding carboxylic acids is 3. The van der Waals surface area contributed by atoms with E-state index in [0.717, 1.165) is 5.56 Å². The van der Waals surface area contributed by atoms with E-state index >= 15 is 0 Å². The fourth-order valence-corrected chi connectivity index (χ4v) is 4.36. The Hall–Kier alpha value is -2.31. The van der Waals surface area contributed by atoms with Gasteiger partial charge in [-0.05, 0) is 42.7 Å². The van der Waals surface area contributed by atoms with Crippen molar-refractivity contribution >= 4 is 23.6 Å². The van der Waals surface area contributed by atoms with Crippen molar-refractivity contribution in [1.29, 1.82) is 0 Å². The molecular weight excluding hydrogens is 635 g/mol. The van der Waals surface area contributed by atoms with Crippen LogP contribution in [0.4, 0.5) is 5.69 Å². The standard InChI is InChI=1S/C25H33N5O6.Tm/c26-19-7-4-18(5-8-19)6-9-22(25(35)36)30-12-10-28(16-23(31)32)14-20-2-1-3-21(27-20)15-29(11-13-30)17-24(33)34;/h1-5,7-8,22H,6,9-17,26H2,(H,31,32)(H,33,34)(H,35,36);/p-3. The monoisotopic (exact) mass is 665 g/mol. The first-order valence-electron chi connectivity index (χ1n) is 11.8. The zero-order valence-electron chi connectivity index (χ0n) is 20.3. The topological polar surface area (TPSA) is 169 Å². The van der Waals surface area contributed by atoms with Gasteiger partial charge in [0.05, 0.1) is 29.3 Å². The molecule has 12 heteroatoms. The van der Waals surface area contributed by atoms with Gasteiger partial charge in [-0.2, -0.15) is 0 Å². The number of aromatic nitrogens is 1. The van der Waals surface area contributed by atoms with Crippen molar-refractivity contribution in [1.82, 2.24) is 19.7 Å². The van der Waals surface area contributed by atoms with Crippen molar-refractivity contribution in [2.24, 2.45) is 0 Å². The third kappa shape index (κ3) is 10.5. The first-order chi connectivity index (χ1) is 17.2. The largest absolute Gasteiger partial charge is 0.549 e. The summed E-state index contributed by atoms with van der Waals surface area (Å²) in [6, 6.07) is 11.5. The van der Waals surface area contributed by atoms with Crippen LogP contribution < -0.4 is 21.1 Å². The van der Waals surface area contributed by atoms with Crippen molar-refractivity contribution in [3.63, 3.8) is 0 Å². The van der Waals surface area contributed by atoms with Crippen molar-refractivity contribution in [2.45, 2.75) is 32.0 Å². The summed E-state index contributed by atoms with van der Waals surface area (Å²) in [5, 5.41) is 34.9. The normalized spacial score (nSPS) is 16.5. The van der Waals surface area contributed by atoms with Gasteiger partial charge >= 0.3 is 0 Å². The molecule has 2 N–H and O–H groups in total. The summed E-state index contributed by atoms with van der Waals surface area (Å²) >= 11 is 0. The van der Waals surface area contributed by atoms with Crippen LogP contribution in [0.5, 0.6) is 0 Å². The van der Waals surface area contributed by atoms with Gasteiger partial charge in [0.25, 0.3) is 0 Å². The Bertz CT molecular complexity index is 1010. The number of anilines is 1. The van der Waals surface area contributed by atoms with Crippen LogP contribution in [-0.2, 0) is 33.9 Å². The van der Waals surface area contributed by atoms with Gasteiger partial charge in [0.1, 0.15) is 0 Å². The van der Waals surface area contributed by atoms with E-state index in [1.807, 2.05) is 12.1 Å². The molecule has 37 heavy (non-hydrogen) atoms. The Morgan fingerprint density at radius 3 is 1.81 bits per heavy atom. The number of carboxylic acids is 3. The first-order valence-corrected chi connectivity index (χ1v) is 11.8. The molecule has 1 aliphatic heterocycles. The molecule has 2 aromatic rings. The third-order valence-electron chi connectivity index (χ3n) is 6.15. The van der Waals surface area contributed by atoms with E-state index < -0.39 is 23.9 Å². The number of aliphatic carboxylic acids is 3. The molecule has 0 amide bonds. The maximum absolute atomic E-state index is 12.2. The van der Waals surface area contributed by atoms with Crippen molar-refractivity contribution in [3.8, 4) is 0 Å². The number of nitrogens with two attached hydrogens (primary N) is 1. The molecule has 0 aliphatic carbocycles. The van der Waals surface area contributed by atoms with Gasteiger partial charge in [-0.1, -0.05) is 18.2 Å². The Morgan fingerprint density at radius 1 is 0.838 bits per heavy atom. The Kier molecular flexibility index (Phi) is 12.7. The number of hydrogen-bond acceptors (Lipinski definition) is 11. The smallest absolute Gasteiger partial charge is 0.0586 e. The van der Waals surface area contributed by atoms with Gasteiger partial charge in [0.15, 0.2) is 0 Å². The minimum Gasteiger partial charge on any atom is -0.549 e. The minimum absolute atomic E-state index is 0. The number of carbonyl (C=O) groups is 3. The van der Waals surface area contributed by atoms with Crippen LogP contribution in [0.1, 0.15) is 23.4 Å². The van der Waals surface area contributed by atoms with Gasteiger partial charge in [-0.25, -0.2) is 0 Å². The zero-order valence-corrected chi connectivity index (χ0v) is 22.1. The van der Waals surface area contributed by atoms with Crippen molar-refractivity contribution < 1.29 is 66.6 Å². The summed E-state index contributed by atoms with van der Waals surface area (Å²) in [4.78, 5) is 44.4. The van der Waals surface area contributed by atoms with Gasteiger partial charge in [0, 0.05) is 101 Å². The fourth-order valence-electron chi connectivity index (χ4n) is 4.36. The number of nitrogen functional groups attached to an aromatic ring is 1. The predicted octanol–water partition coefficient (Wildman–Crippen LogP) is -3.17. The molecule has 0 saturated heterocycles. The number of rotatable bonds is 9. The third-order valence-corrected chi connectivity index (χ3v) is 6.15. The number of fused-ring (bicyclic) bond motifs is 2. The van der Waals surface area contributed by atoms with Gasteiger partial charge in [-0.3, -0.25) is 19.7 Å². The second-order valence-corrected chi connectivity index (χ2v) is 8.94. The molecule has 1 aromatic carbocycles. The Labute approximate surface area is 245 Å². The molecule has 0 fully saturated rings. The van der Waals surface area contributed by atoms with E-state index in [1.54, 1.807) is 45.0 Å². The first kappa shape index (κ1) is 30.9. The van der Waals surface area contributed by atoms with E-state index in [4.69, 9.17) is 5.73 Å². The van der Waals surface area contributed by atoms with E-state index in [0.29, 0.717) is 23.5 Å². The molecule has 3 rings (SSSR count). The average Bonchev–Trinajstić information content (AvgIpc) is 2.80. The summed E-state index contributed by atoms with van der Waals surface area (Å²) in [7, 11) is 0. The number of benzene rings is 1. The number of nitrogens with zero attached hydrogens (tertiary/aromatic N) is 4. The van der Waals surface area contributed by atoms with Crippen molar-refractivity contribution in [2.75, 3.05) is 45.0 Å². The molecule has 1 unspecified atom stereocenters. The van der Waals surface area contributed by atoms with E-state index in [9.17, 15) is 29.7 Å². The molecular formula is C25H30N5O6Tm-3. The summed E-state index contributed by atoms with van der Waals surface area (Å²) < 4.78 is 0. The van der Waals surface area contributed by atoms with Crippen LogP contribution in [-0.4, -0.2) is 82.9 Å². The quantitative estimate of drug-likeness (QED) is 0.269. The number of carboxylic acid groups (broad SMARTS) is 3. The predicted molar refractivity (Wildman–Crippen MR) is 124 cm³/mol. The minimum atomic E-state index is -1.25. The molecule has 1 atom stereocenters. The summed E-state index contributed by atoms with van der Waals surface area (Å²) in [5.74, 6) is -3.74. The molecule has 11 nitrogen and oxygen atoms in total. The van der Waals surface area contributed by atoms with Crippen LogP contribution >= 0.6 is 0 Å².